The summed E-state index contributed by atoms with van der Waals surface area (Å²) < 4.78 is 11.9. The zero-order chi connectivity index (χ0) is 31.1. The topological polar surface area (TPSA) is 147 Å². The molecule has 0 radical (unpaired) electrons. The largest absolute Gasteiger partial charge is 0.488 e. The molecule has 2 unspecified atom stereocenters. The molecule has 1 aliphatic heterocycles. The minimum absolute atomic E-state index is 0.0407. The number of amides is 3. The van der Waals surface area contributed by atoms with Gasteiger partial charge in [-0.05, 0) is 67.1 Å². The molecule has 4 aromatic rings. The van der Waals surface area contributed by atoms with Crippen LogP contribution < -0.4 is 25.8 Å². The molecule has 3 aromatic carbocycles. The lowest BCUT2D eigenvalue weighted by Crippen LogP contribution is -2.48. The molecular formula is C33H33N5O5S. The van der Waals surface area contributed by atoms with Crippen LogP contribution in [-0.4, -0.2) is 53.7 Å². The zero-order valence-corrected chi connectivity index (χ0v) is 24.9. The summed E-state index contributed by atoms with van der Waals surface area (Å²) in [6.45, 7) is 2.11. The Balaban J connectivity index is 1.21. The van der Waals surface area contributed by atoms with E-state index in [4.69, 9.17) is 20.6 Å². The number of hydrogen-bond donors (Lipinski definition) is 4. The van der Waals surface area contributed by atoms with Gasteiger partial charge in [0, 0.05) is 27.8 Å². The Kier molecular flexibility index (Phi) is 9.56. The number of thiophene rings is 1. The number of carbonyl (C=O) groups excluding carboxylic acids is 3. The first kappa shape index (κ1) is 30.3. The number of rotatable bonds is 11. The smallest absolute Gasteiger partial charge is 0.251 e. The summed E-state index contributed by atoms with van der Waals surface area (Å²) in [5.74, 6) is 0.735. The van der Waals surface area contributed by atoms with Crippen molar-refractivity contribution in [2.45, 2.75) is 32.0 Å². The average molecular weight is 612 g/mol. The molecule has 3 amide bonds. The van der Waals surface area contributed by atoms with Gasteiger partial charge in [-0.1, -0.05) is 30.3 Å². The zero-order valence-electron chi connectivity index (χ0n) is 24.1. The molecule has 5 rings (SSSR count). The SMILES string of the molecule is Cc1cccc(OC2CC(C(=O)NCc3cc(C(=N)N)cs3)N(C(=O)CNC(=O)c3ccc(Oc4ccccc4)cc3)C2)c1. The summed E-state index contributed by atoms with van der Waals surface area (Å²) in [5.41, 5.74) is 7.55. The van der Waals surface area contributed by atoms with Crippen molar-refractivity contribution < 1.29 is 23.9 Å². The van der Waals surface area contributed by atoms with Crippen molar-refractivity contribution in [2.24, 2.45) is 5.73 Å². The molecule has 10 nitrogen and oxygen atoms in total. The lowest BCUT2D eigenvalue weighted by atomic mass is 10.1. The van der Waals surface area contributed by atoms with Crippen LogP contribution in [0.3, 0.4) is 0 Å². The highest BCUT2D eigenvalue weighted by atomic mass is 32.1. The number of para-hydroxylation sites is 1. The van der Waals surface area contributed by atoms with Crippen molar-refractivity contribution in [3.05, 3.63) is 112 Å². The normalized spacial score (nSPS) is 15.8. The fourth-order valence-corrected chi connectivity index (χ4v) is 5.68. The number of amidine groups is 1. The van der Waals surface area contributed by atoms with E-state index in [0.29, 0.717) is 34.8 Å². The van der Waals surface area contributed by atoms with Gasteiger partial charge < -0.3 is 30.7 Å². The lowest BCUT2D eigenvalue weighted by Gasteiger charge is -2.23. The molecule has 1 aromatic heterocycles. The highest BCUT2D eigenvalue weighted by Gasteiger charge is 2.40. The van der Waals surface area contributed by atoms with E-state index >= 15 is 0 Å². The van der Waals surface area contributed by atoms with Gasteiger partial charge in [-0.3, -0.25) is 19.8 Å². The van der Waals surface area contributed by atoms with E-state index in [0.717, 1.165) is 10.4 Å². The van der Waals surface area contributed by atoms with Gasteiger partial charge in [0.25, 0.3) is 5.91 Å². The number of aryl methyl sites for hydroxylation is 1. The number of nitrogens with zero attached hydrogens (tertiary/aromatic N) is 1. The second kappa shape index (κ2) is 13.9. The number of likely N-dealkylation sites (tertiary alicyclic amines) is 1. The molecule has 2 heterocycles. The van der Waals surface area contributed by atoms with Gasteiger partial charge in [-0.25, -0.2) is 0 Å². The summed E-state index contributed by atoms with van der Waals surface area (Å²) in [7, 11) is 0. The Morgan fingerprint density at radius 1 is 0.932 bits per heavy atom. The van der Waals surface area contributed by atoms with Crippen LogP contribution in [0.1, 0.15) is 32.8 Å². The molecule has 0 saturated carbocycles. The number of nitrogens with two attached hydrogens (primary N) is 1. The van der Waals surface area contributed by atoms with Crippen LogP contribution in [0.25, 0.3) is 0 Å². The quantitative estimate of drug-likeness (QED) is 0.148. The van der Waals surface area contributed by atoms with Crippen molar-refractivity contribution in [1.82, 2.24) is 15.5 Å². The second-order valence-electron chi connectivity index (χ2n) is 10.4. The lowest BCUT2D eigenvalue weighted by molar-refractivity contribution is -0.137. The molecular weight excluding hydrogens is 578 g/mol. The molecule has 1 aliphatic rings. The average Bonchev–Trinajstić information content (AvgIpc) is 3.67. The van der Waals surface area contributed by atoms with Gasteiger partial charge in [0.1, 0.15) is 35.2 Å². The molecule has 11 heteroatoms. The molecule has 2 atom stereocenters. The van der Waals surface area contributed by atoms with Crippen LogP contribution >= 0.6 is 11.3 Å². The number of nitrogen functional groups attached to an aromatic ring is 1. The maximum Gasteiger partial charge on any atom is 0.251 e. The van der Waals surface area contributed by atoms with Gasteiger partial charge in [-0.2, -0.15) is 0 Å². The minimum Gasteiger partial charge on any atom is -0.488 e. The van der Waals surface area contributed by atoms with Crippen LogP contribution in [0, 0.1) is 12.3 Å². The van der Waals surface area contributed by atoms with Gasteiger partial charge in [-0.15, -0.1) is 11.3 Å². The minimum atomic E-state index is -0.782. The first-order valence-corrected chi connectivity index (χ1v) is 15.0. The molecule has 44 heavy (non-hydrogen) atoms. The third-order valence-corrected chi connectivity index (χ3v) is 8.01. The standard InChI is InChI=1S/C33H33N5O5S/c1-21-6-5-9-26(14-21)43-27-16-29(33(41)36-17-28-15-23(20-44-28)31(34)35)38(19-27)30(39)18-37-32(40)22-10-12-25(13-11-22)42-24-7-3-2-4-8-24/h2-15,20,27,29H,16-19H2,1H3,(H3,34,35)(H,36,41)(H,37,40). The highest BCUT2D eigenvalue weighted by Crippen LogP contribution is 2.25. The number of carbonyl (C=O) groups is 3. The fraction of sp³-hybridized carbons (Fsp3) is 0.212. The van der Waals surface area contributed by atoms with E-state index in [9.17, 15) is 14.4 Å². The first-order chi connectivity index (χ1) is 21.2. The number of ether oxygens (including phenoxy) is 2. The molecule has 0 aliphatic carbocycles. The summed E-state index contributed by atoms with van der Waals surface area (Å²) >= 11 is 1.39. The number of benzene rings is 3. The van der Waals surface area contributed by atoms with Crippen molar-refractivity contribution in [3.8, 4) is 17.2 Å². The van der Waals surface area contributed by atoms with Crippen LogP contribution in [0.2, 0.25) is 0 Å². The molecule has 226 valence electrons. The Bertz CT molecular complexity index is 1640. The Hall–Kier alpha value is -5.16. The third kappa shape index (κ3) is 7.81. The van der Waals surface area contributed by atoms with Gasteiger partial charge >= 0.3 is 0 Å². The molecule has 5 N–H and O–H groups in total. The Labute approximate surface area is 259 Å². The summed E-state index contributed by atoms with van der Waals surface area (Å²) in [5, 5.41) is 14.9. The van der Waals surface area contributed by atoms with Crippen LogP contribution in [-0.2, 0) is 16.1 Å². The van der Waals surface area contributed by atoms with Crippen molar-refractivity contribution >= 4 is 34.9 Å². The predicted molar refractivity (Wildman–Crippen MR) is 168 cm³/mol. The van der Waals surface area contributed by atoms with E-state index < -0.39 is 24.0 Å². The van der Waals surface area contributed by atoms with E-state index in [2.05, 4.69) is 10.6 Å². The summed E-state index contributed by atoms with van der Waals surface area (Å²) in [6.07, 6.45) is -0.110. The Morgan fingerprint density at radius 3 is 2.36 bits per heavy atom. The maximum atomic E-state index is 13.4. The predicted octanol–water partition coefficient (Wildman–Crippen LogP) is 4.23. The van der Waals surface area contributed by atoms with Crippen molar-refractivity contribution in [2.75, 3.05) is 13.1 Å². The van der Waals surface area contributed by atoms with Crippen molar-refractivity contribution in [1.29, 1.82) is 5.41 Å². The van der Waals surface area contributed by atoms with Gasteiger partial charge in [0.05, 0.1) is 19.6 Å². The van der Waals surface area contributed by atoms with E-state index in [1.54, 1.807) is 35.7 Å². The fourth-order valence-electron chi connectivity index (χ4n) is 4.85. The highest BCUT2D eigenvalue weighted by molar-refractivity contribution is 7.10. The Morgan fingerprint density at radius 2 is 1.66 bits per heavy atom. The van der Waals surface area contributed by atoms with Gasteiger partial charge in [0.2, 0.25) is 11.8 Å². The second-order valence-corrected chi connectivity index (χ2v) is 11.4. The third-order valence-electron chi connectivity index (χ3n) is 7.08. The van der Waals surface area contributed by atoms with Crippen LogP contribution in [0.4, 0.5) is 0 Å². The van der Waals surface area contributed by atoms with E-state index in [-0.39, 0.29) is 31.4 Å². The van der Waals surface area contributed by atoms with E-state index in [1.807, 2.05) is 61.5 Å². The van der Waals surface area contributed by atoms with Crippen LogP contribution in [0.15, 0.2) is 90.3 Å². The molecule has 0 bridgehead atoms. The number of nitrogens with one attached hydrogen (secondary N) is 3. The molecule has 0 spiro atoms. The first-order valence-electron chi connectivity index (χ1n) is 14.1. The molecule has 1 saturated heterocycles. The van der Waals surface area contributed by atoms with E-state index in [1.165, 1.54) is 16.2 Å². The summed E-state index contributed by atoms with van der Waals surface area (Å²) in [6, 6.07) is 24.5. The van der Waals surface area contributed by atoms with Crippen LogP contribution in [0.5, 0.6) is 17.2 Å². The summed E-state index contributed by atoms with van der Waals surface area (Å²) in [4.78, 5) is 41.8. The monoisotopic (exact) mass is 611 g/mol. The number of hydrogen-bond acceptors (Lipinski definition) is 7. The molecule has 1 fully saturated rings. The van der Waals surface area contributed by atoms with Gasteiger partial charge in [0.15, 0.2) is 0 Å². The maximum absolute atomic E-state index is 13.4. The van der Waals surface area contributed by atoms with Crippen molar-refractivity contribution in [3.63, 3.8) is 0 Å².